The first kappa shape index (κ1) is 15.3. The summed E-state index contributed by atoms with van der Waals surface area (Å²) in [4.78, 5) is 14.1. The molecule has 3 atom stereocenters. The number of allylic oxidation sites excluding steroid dienone is 1. The van der Waals surface area contributed by atoms with Crippen molar-refractivity contribution < 1.29 is 18.7 Å². The number of hydrogen-bond acceptors (Lipinski definition) is 4. The van der Waals surface area contributed by atoms with Crippen molar-refractivity contribution in [1.29, 1.82) is 0 Å². The molecule has 1 aliphatic heterocycles. The highest BCUT2D eigenvalue weighted by Gasteiger charge is 2.35. The lowest BCUT2D eigenvalue weighted by atomic mass is 9.85. The fourth-order valence-corrected chi connectivity index (χ4v) is 3.16. The van der Waals surface area contributed by atoms with Gasteiger partial charge in [0.25, 0.3) is 0 Å². The van der Waals surface area contributed by atoms with Gasteiger partial charge in [-0.25, -0.2) is 0 Å². The van der Waals surface area contributed by atoms with Crippen LogP contribution < -0.4 is 0 Å². The zero-order valence-electron chi connectivity index (χ0n) is 12.9. The van der Waals surface area contributed by atoms with Crippen molar-refractivity contribution in [3.05, 3.63) is 36.3 Å². The molecule has 120 valence electrons. The average Bonchev–Trinajstić information content (AvgIpc) is 3.20. The lowest BCUT2D eigenvalue weighted by Gasteiger charge is -2.27. The van der Waals surface area contributed by atoms with Crippen LogP contribution in [0.1, 0.15) is 31.7 Å². The minimum atomic E-state index is 0.0504. The largest absolute Gasteiger partial charge is 0.472 e. The van der Waals surface area contributed by atoms with E-state index in [1.54, 1.807) is 18.6 Å². The van der Waals surface area contributed by atoms with Crippen molar-refractivity contribution in [3.63, 3.8) is 0 Å². The Morgan fingerprint density at radius 3 is 3.00 bits per heavy atom. The Morgan fingerprint density at radius 2 is 2.23 bits per heavy atom. The van der Waals surface area contributed by atoms with Crippen LogP contribution in [-0.2, 0) is 20.8 Å². The Hall–Kier alpha value is -1.59. The third-order valence-electron chi connectivity index (χ3n) is 4.49. The molecule has 2 aliphatic rings. The Morgan fingerprint density at radius 1 is 1.36 bits per heavy atom. The first-order valence-corrected chi connectivity index (χ1v) is 7.97. The van der Waals surface area contributed by atoms with Crippen molar-refractivity contribution in [2.24, 2.45) is 5.92 Å². The normalized spacial score (nSPS) is 28.0. The van der Waals surface area contributed by atoms with Gasteiger partial charge in [-0.2, -0.15) is 0 Å². The maximum absolute atomic E-state index is 12.3. The van der Waals surface area contributed by atoms with Gasteiger partial charge >= 0.3 is 0 Å². The Bertz CT molecular complexity index is 511. The minimum absolute atomic E-state index is 0.0504. The molecule has 3 rings (SSSR count). The lowest BCUT2D eigenvalue weighted by molar-refractivity contribution is -0.126. The minimum Gasteiger partial charge on any atom is -0.472 e. The van der Waals surface area contributed by atoms with E-state index in [1.807, 2.05) is 24.0 Å². The fourth-order valence-electron chi connectivity index (χ4n) is 3.16. The first-order chi connectivity index (χ1) is 10.8. The van der Waals surface area contributed by atoms with Crippen LogP contribution in [-0.4, -0.2) is 36.4 Å². The SMILES string of the molecule is CCN(Cc1ccoc1)C(=O)/C=C/C1CCC2OCOC2C1. The van der Waals surface area contributed by atoms with E-state index in [-0.39, 0.29) is 18.1 Å². The zero-order valence-corrected chi connectivity index (χ0v) is 12.9. The summed E-state index contributed by atoms with van der Waals surface area (Å²) in [5, 5.41) is 0. The number of fused-ring (bicyclic) bond motifs is 1. The fraction of sp³-hybridized carbons (Fsp3) is 0.588. The van der Waals surface area contributed by atoms with E-state index in [0.29, 0.717) is 25.8 Å². The number of carbonyl (C=O) groups excluding carboxylic acids is 1. The maximum atomic E-state index is 12.3. The molecule has 1 saturated carbocycles. The number of furan rings is 1. The Labute approximate surface area is 130 Å². The van der Waals surface area contributed by atoms with E-state index < -0.39 is 0 Å². The summed E-state index contributed by atoms with van der Waals surface area (Å²) in [5.74, 6) is 0.453. The summed E-state index contributed by atoms with van der Waals surface area (Å²) in [7, 11) is 0. The van der Waals surface area contributed by atoms with Gasteiger partial charge in [0, 0.05) is 18.7 Å². The van der Waals surface area contributed by atoms with Crippen molar-refractivity contribution >= 4 is 5.91 Å². The Balaban J connectivity index is 1.53. The summed E-state index contributed by atoms with van der Waals surface area (Å²) in [6.07, 6.45) is 10.5. The van der Waals surface area contributed by atoms with E-state index in [9.17, 15) is 4.79 Å². The number of ether oxygens (including phenoxy) is 2. The van der Waals surface area contributed by atoms with Crippen LogP contribution in [0.25, 0.3) is 0 Å². The van der Waals surface area contributed by atoms with Crippen LogP contribution in [0.3, 0.4) is 0 Å². The highest BCUT2D eigenvalue weighted by atomic mass is 16.7. The van der Waals surface area contributed by atoms with Crippen LogP contribution in [0.5, 0.6) is 0 Å². The van der Waals surface area contributed by atoms with Gasteiger partial charge in [-0.15, -0.1) is 0 Å². The molecule has 0 bridgehead atoms. The molecule has 0 N–H and O–H groups in total. The van der Waals surface area contributed by atoms with Gasteiger partial charge in [0.1, 0.15) is 6.79 Å². The summed E-state index contributed by atoms with van der Waals surface area (Å²) >= 11 is 0. The Kier molecular flexibility index (Phi) is 4.95. The van der Waals surface area contributed by atoms with Gasteiger partial charge in [-0.05, 0) is 44.2 Å². The molecular weight excluding hydrogens is 282 g/mol. The van der Waals surface area contributed by atoms with Gasteiger partial charge in [0.2, 0.25) is 5.91 Å². The smallest absolute Gasteiger partial charge is 0.246 e. The predicted octanol–water partition coefficient (Wildman–Crippen LogP) is 2.73. The molecule has 1 aromatic rings. The van der Waals surface area contributed by atoms with Crippen LogP contribution in [0.2, 0.25) is 0 Å². The number of likely N-dealkylation sites (N-methyl/N-ethyl adjacent to an activating group) is 1. The second-order valence-corrected chi connectivity index (χ2v) is 5.94. The predicted molar refractivity (Wildman–Crippen MR) is 80.9 cm³/mol. The quantitative estimate of drug-likeness (QED) is 0.785. The maximum Gasteiger partial charge on any atom is 0.246 e. The van der Waals surface area contributed by atoms with Gasteiger partial charge in [0.05, 0.1) is 24.7 Å². The molecule has 0 spiro atoms. The third-order valence-corrected chi connectivity index (χ3v) is 4.49. The molecule has 1 amide bonds. The molecule has 1 aromatic heterocycles. The number of rotatable bonds is 5. The molecule has 1 saturated heterocycles. The van der Waals surface area contributed by atoms with Gasteiger partial charge in [-0.1, -0.05) is 6.08 Å². The van der Waals surface area contributed by atoms with Crippen molar-refractivity contribution in [1.82, 2.24) is 4.90 Å². The lowest BCUT2D eigenvalue weighted by Crippen LogP contribution is -2.31. The van der Waals surface area contributed by atoms with Gasteiger partial charge in [-0.3, -0.25) is 4.79 Å². The average molecular weight is 305 g/mol. The van der Waals surface area contributed by atoms with E-state index >= 15 is 0 Å². The van der Waals surface area contributed by atoms with Crippen molar-refractivity contribution in [2.75, 3.05) is 13.3 Å². The molecule has 2 heterocycles. The summed E-state index contributed by atoms with van der Waals surface area (Å²) in [6.45, 7) is 3.67. The topological polar surface area (TPSA) is 51.9 Å². The second-order valence-electron chi connectivity index (χ2n) is 5.94. The van der Waals surface area contributed by atoms with Crippen LogP contribution in [0.15, 0.2) is 35.2 Å². The monoisotopic (exact) mass is 305 g/mol. The molecular formula is C17H23NO4. The van der Waals surface area contributed by atoms with Crippen LogP contribution in [0.4, 0.5) is 0 Å². The number of carbonyl (C=O) groups is 1. The van der Waals surface area contributed by atoms with Gasteiger partial charge < -0.3 is 18.8 Å². The zero-order chi connectivity index (χ0) is 15.4. The number of amides is 1. The third kappa shape index (κ3) is 3.59. The molecule has 0 aromatic carbocycles. The molecule has 22 heavy (non-hydrogen) atoms. The molecule has 5 nitrogen and oxygen atoms in total. The molecule has 0 radical (unpaired) electrons. The summed E-state index contributed by atoms with van der Waals surface area (Å²) in [5.41, 5.74) is 1.01. The molecule has 3 unspecified atom stereocenters. The molecule has 5 heteroatoms. The van der Waals surface area contributed by atoms with Crippen molar-refractivity contribution in [3.8, 4) is 0 Å². The second kappa shape index (κ2) is 7.11. The van der Waals surface area contributed by atoms with Crippen molar-refractivity contribution in [2.45, 2.75) is 44.9 Å². The van der Waals surface area contributed by atoms with Crippen LogP contribution in [0, 0.1) is 5.92 Å². The molecule has 1 aliphatic carbocycles. The van der Waals surface area contributed by atoms with E-state index in [0.717, 1.165) is 24.8 Å². The number of nitrogens with zero attached hydrogens (tertiary/aromatic N) is 1. The van der Waals surface area contributed by atoms with E-state index in [4.69, 9.17) is 13.9 Å². The standard InChI is InChI=1S/C17H23NO4/c1-2-18(10-14-7-8-20-11-14)17(19)6-4-13-3-5-15-16(9-13)22-12-21-15/h4,6-8,11,13,15-16H,2-3,5,9-10,12H2,1H3/b6-4+. The summed E-state index contributed by atoms with van der Waals surface area (Å²) in [6, 6.07) is 1.89. The molecule has 2 fully saturated rings. The van der Waals surface area contributed by atoms with Gasteiger partial charge in [0.15, 0.2) is 0 Å². The highest BCUT2D eigenvalue weighted by molar-refractivity contribution is 5.87. The summed E-state index contributed by atoms with van der Waals surface area (Å²) < 4.78 is 16.1. The van der Waals surface area contributed by atoms with E-state index in [2.05, 4.69) is 0 Å². The number of hydrogen-bond donors (Lipinski definition) is 0. The van der Waals surface area contributed by atoms with Crippen LogP contribution >= 0.6 is 0 Å². The van der Waals surface area contributed by atoms with E-state index in [1.165, 1.54) is 0 Å². The first-order valence-electron chi connectivity index (χ1n) is 7.97. The highest BCUT2D eigenvalue weighted by Crippen LogP contribution is 2.32.